The Morgan fingerprint density at radius 3 is 2.69 bits per heavy atom. The second-order valence-electron chi connectivity index (χ2n) is 3.15. The van der Waals surface area contributed by atoms with Crippen LogP contribution in [-0.4, -0.2) is 5.78 Å². The van der Waals surface area contributed by atoms with Gasteiger partial charge in [0.15, 0.2) is 0 Å². The van der Waals surface area contributed by atoms with Crippen LogP contribution < -0.4 is 0 Å². The highest BCUT2D eigenvalue weighted by Crippen LogP contribution is 2.10. The van der Waals surface area contributed by atoms with Gasteiger partial charge in [-0.1, -0.05) is 19.1 Å². The van der Waals surface area contributed by atoms with Gasteiger partial charge in [0.05, 0.1) is 0 Å². The Morgan fingerprint density at radius 1 is 1.46 bits per heavy atom. The van der Waals surface area contributed by atoms with Crippen molar-refractivity contribution in [2.45, 2.75) is 26.7 Å². The Balaban J connectivity index is 2.79. The van der Waals surface area contributed by atoms with E-state index in [2.05, 4.69) is 0 Å². The van der Waals surface area contributed by atoms with Crippen LogP contribution >= 0.6 is 0 Å². The molecule has 1 aromatic rings. The lowest BCUT2D eigenvalue weighted by molar-refractivity contribution is -0.118. The molecule has 2 heteroatoms. The number of hydrogen-bond donors (Lipinski definition) is 0. The minimum atomic E-state index is -0.215. The lowest BCUT2D eigenvalue weighted by Gasteiger charge is -2.01. The van der Waals surface area contributed by atoms with Crippen molar-refractivity contribution < 1.29 is 9.18 Å². The van der Waals surface area contributed by atoms with Gasteiger partial charge in [0.2, 0.25) is 0 Å². The van der Waals surface area contributed by atoms with Crippen LogP contribution in [0.4, 0.5) is 4.39 Å². The van der Waals surface area contributed by atoms with Crippen LogP contribution in [0.3, 0.4) is 0 Å². The average Bonchev–Trinajstić information content (AvgIpc) is 2.11. The summed E-state index contributed by atoms with van der Waals surface area (Å²) in [6.07, 6.45) is 0.952. The molecule has 0 N–H and O–H groups in total. The molecule has 0 radical (unpaired) electrons. The van der Waals surface area contributed by atoms with Gasteiger partial charge in [-0.2, -0.15) is 0 Å². The third-order valence-corrected chi connectivity index (χ3v) is 2.02. The Bertz CT molecular complexity index is 318. The van der Waals surface area contributed by atoms with Gasteiger partial charge in [0.1, 0.15) is 11.6 Å². The van der Waals surface area contributed by atoms with E-state index in [0.29, 0.717) is 18.4 Å². The molecular weight excluding hydrogens is 167 g/mol. The number of halogens is 1. The number of carbonyl (C=O) groups is 1. The van der Waals surface area contributed by atoms with E-state index < -0.39 is 0 Å². The first-order chi connectivity index (χ1) is 6.13. The first-order valence-corrected chi connectivity index (χ1v) is 4.40. The number of Topliss-reactive ketones (excluding diaryl/α,β-unsaturated/α-hetero) is 1. The first-order valence-electron chi connectivity index (χ1n) is 4.40. The Morgan fingerprint density at radius 2 is 2.15 bits per heavy atom. The van der Waals surface area contributed by atoms with Gasteiger partial charge in [0.25, 0.3) is 0 Å². The fourth-order valence-corrected chi connectivity index (χ4v) is 1.17. The number of ketones is 1. The monoisotopic (exact) mass is 180 g/mol. The van der Waals surface area contributed by atoms with Gasteiger partial charge in [-0.05, 0) is 24.1 Å². The van der Waals surface area contributed by atoms with Crippen LogP contribution in [0.25, 0.3) is 0 Å². The van der Waals surface area contributed by atoms with Gasteiger partial charge in [-0.3, -0.25) is 4.79 Å². The minimum Gasteiger partial charge on any atom is -0.299 e. The highest BCUT2D eigenvalue weighted by molar-refractivity contribution is 5.80. The predicted molar refractivity (Wildman–Crippen MR) is 50.1 cm³/mol. The standard InChI is InChI=1S/C11H13FO/c1-3-10(13)7-9-4-5-11(12)8(2)6-9/h4-6H,3,7H2,1-2H3. The highest BCUT2D eigenvalue weighted by atomic mass is 19.1. The summed E-state index contributed by atoms with van der Waals surface area (Å²) in [6, 6.07) is 4.80. The summed E-state index contributed by atoms with van der Waals surface area (Å²) in [6.45, 7) is 3.54. The Labute approximate surface area is 77.6 Å². The average molecular weight is 180 g/mol. The summed E-state index contributed by atoms with van der Waals surface area (Å²) >= 11 is 0. The second-order valence-corrected chi connectivity index (χ2v) is 3.15. The van der Waals surface area contributed by atoms with E-state index in [9.17, 15) is 9.18 Å². The van der Waals surface area contributed by atoms with E-state index in [1.807, 2.05) is 6.92 Å². The molecule has 1 aromatic carbocycles. The largest absolute Gasteiger partial charge is 0.299 e. The molecule has 0 aromatic heterocycles. The predicted octanol–water partition coefficient (Wildman–Crippen LogP) is 2.66. The normalized spacial score (nSPS) is 10.1. The van der Waals surface area contributed by atoms with E-state index >= 15 is 0 Å². The minimum absolute atomic E-state index is 0.186. The summed E-state index contributed by atoms with van der Waals surface area (Å²) in [5, 5.41) is 0. The van der Waals surface area contributed by atoms with Crippen molar-refractivity contribution in [3.8, 4) is 0 Å². The van der Waals surface area contributed by atoms with Crippen molar-refractivity contribution >= 4 is 5.78 Å². The molecule has 13 heavy (non-hydrogen) atoms. The summed E-state index contributed by atoms with van der Waals surface area (Å²) < 4.78 is 12.8. The second kappa shape index (κ2) is 4.17. The van der Waals surface area contributed by atoms with E-state index in [1.165, 1.54) is 6.07 Å². The van der Waals surface area contributed by atoms with Crippen molar-refractivity contribution in [3.63, 3.8) is 0 Å². The zero-order valence-corrected chi connectivity index (χ0v) is 7.93. The lowest BCUT2D eigenvalue weighted by atomic mass is 10.1. The maximum Gasteiger partial charge on any atom is 0.136 e. The third-order valence-electron chi connectivity index (χ3n) is 2.02. The molecule has 0 aliphatic rings. The fourth-order valence-electron chi connectivity index (χ4n) is 1.17. The van der Waals surface area contributed by atoms with Crippen LogP contribution in [0.1, 0.15) is 24.5 Å². The smallest absolute Gasteiger partial charge is 0.136 e. The quantitative estimate of drug-likeness (QED) is 0.698. The molecule has 1 rings (SSSR count). The lowest BCUT2D eigenvalue weighted by Crippen LogP contribution is -2.00. The highest BCUT2D eigenvalue weighted by Gasteiger charge is 2.02. The summed E-state index contributed by atoms with van der Waals surface area (Å²) in [5.41, 5.74) is 1.49. The van der Waals surface area contributed by atoms with Crippen LogP contribution in [0.5, 0.6) is 0 Å². The van der Waals surface area contributed by atoms with Crippen LogP contribution in [0, 0.1) is 12.7 Å². The van der Waals surface area contributed by atoms with Crippen LogP contribution in [0.15, 0.2) is 18.2 Å². The van der Waals surface area contributed by atoms with Crippen molar-refractivity contribution in [2.24, 2.45) is 0 Å². The van der Waals surface area contributed by atoms with E-state index in [0.717, 1.165) is 5.56 Å². The third kappa shape index (κ3) is 2.65. The van der Waals surface area contributed by atoms with Gasteiger partial charge >= 0.3 is 0 Å². The van der Waals surface area contributed by atoms with Crippen molar-refractivity contribution in [3.05, 3.63) is 35.1 Å². The SMILES string of the molecule is CCC(=O)Cc1ccc(F)c(C)c1. The number of hydrogen-bond acceptors (Lipinski definition) is 1. The molecule has 0 aliphatic heterocycles. The zero-order chi connectivity index (χ0) is 9.84. The Hall–Kier alpha value is -1.18. The van der Waals surface area contributed by atoms with E-state index in [-0.39, 0.29) is 11.6 Å². The maximum atomic E-state index is 12.8. The number of aryl methyl sites for hydroxylation is 1. The molecule has 0 saturated heterocycles. The Kier molecular flexibility index (Phi) is 3.18. The molecular formula is C11H13FO. The van der Waals surface area contributed by atoms with E-state index in [4.69, 9.17) is 0 Å². The topological polar surface area (TPSA) is 17.1 Å². The molecule has 0 heterocycles. The molecule has 1 nitrogen and oxygen atoms in total. The van der Waals surface area contributed by atoms with Crippen molar-refractivity contribution in [1.29, 1.82) is 0 Å². The molecule has 0 atom stereocenters. The number of carbonyl (C=O) groups excluding carboxylic acids is 1. The first kappa shape index (κ1) is 9.90. The van der Waals surface area contributed by atoms with Gasteiger partial charge in [-0.15, -0.1) is 0 Å². The van der Waals surface area contributed by atoms with E-state index in [1.54, 1.807) is 19.1 Å². The number of rotatable bonds is 3. The fraction of sp³-hybridized carbons (Fsp3) is 0.364. The zero-order valence-electron chi connectivity index (χ0n) is 7.93. The molecule has 0 spiro atoms. The van der Waals surface area contributed by atoms with Crippen molar-refractivity contribution in [2.75, 3.05) is 0 Å². The number of benzene rings is 1. The summed E-state index contributed by atoms with van der Waals surface area (Å²) in [5.74, 6) is -0.0290. The summed E-state index contributed by atoms with van der Waals surface area (Å²) in [4.78, 5) is 11.1. The van der Waals surface area contributed by atoms with Crippen LogP contribution in [0.2, 0.25) is 0 Å². The molecule has 0 amide bonds. The van der Waals surface area contributed by atoms with Gasteiger partial charge < -0.3 is 0 Å². The van der Waals surface area contributed by atoms with Crippen LogP contribution in [-0.2, 0) is 11.2 Å². The molecule has 0 saturated carbocycles. The molecule has 0 unspecified atom stereocenters. The summed E-state index contributed by atoms with van der Waals surface area (Å²) in [7, 11) is 0. The van der Waals surface area contributed by atoms with Crippen molar-refractivity contribution in [1.82, 2.24) is 0 Å². The van der Waals surface area contributed by atoms with Gasteiger partial charge in [-0.25, -0.2) is 4.39 Å². The molecule has 0 aliphatic carbocycles. The molecule has 70 valence electrons. The van der Waals surface area contributed by atoms with Gasteiger partial charge in [0, 0.05) is 12.8 Å². The molecule has 0 fully saturated rings. The molecule has 0 bridgehead atoms. The maximum absolute atomic E-state index is 12.8.